The Balaban J connectivity index is 1.72. The molecule has 2 aromatic carbocycles. The average Bonchev–Trinajstić information content (AvgIpc) is 3.26. The van der Waals surface area contributed by atoms with Crippen LogP contribution in [0.1, 0.15) is 33.6 Å². The molecule has 4 rings (SSSR count). The van der Waals surface area contributed by atoms with Gasteiger partial charge in [-0.05, 0) is 49.3 Å². The lowest BCUT2D eigenvalue weighted by atomic mass is 9.89. The van der Waals surface area contributed by atoms with Crippen LogP contribution < -0.4 is 16.0 Å². The number of nitrogens with zero attached hydrogens (tertiary/aromatic N) is 2. The summed E-state index contributed by atoms with van der Waals surface area (Å²) in [5, 5.41) is 3.48. The quantitative estimate of drug-likeness (QED) is 0.755. The summed E-state index contributed by atoms with van der Waals surface area (Å²) in [6.07, 6.45) is 2.03. The fraction of sp³-hybridized carbons (Fsp3) is 0.227. The van der Waals surface area contributed by atoms with Gasteiger partial charge in [0.2, 0.25) is 11.6 Å². The first-order valence-electron chi connectivity index (χ1n) is 9.55. The van der Waals surface area contributed by atoms with E-state index in [-0.39, 0.29) is 16.7 Å². The summed E-state index contributed by atoms with van der Waals surface area (Å²) in [5.41, 5.74) is 8.94. The van der Waals surface area contributed by atoms with Crippen LogP contribution in [0.2, 0.25) is 0 Å². The van der Waals surface area contributed by atoms with Gasteiger partial charge < -0.3 is 20.9 Å². The van der Waals surface area contributed by atoms with Crippen molar-refractivity contribution in [2.75, 3.05) is 30.4 Å². The Labute approximate surface area is 175 Å². The number of anilines is 2. The Morgan fingerprint density at radius 2 is 1.59 bits per heavy atom. The number of hydrogen-bond donors (Lipinski definition) is 2. The second-order valence-electron chi connectivity index (χ2n) is 7.19. The number of fused-ring (bicyclic) bond motifs is 1. The van der Waals surface area contributed by atoms with Crippen LogP contribution in [0.25, 0.3) is 0 Å². The van der Waals surface area contributed by atoms with Crippen molar-refractivity contribution in [1.82, 2.24) is 4.90 Å². The first-order valence-corrected chi connectivity index (χ1v) is 9.96. The minimum Gasteiger partial charge on any atom is -0.376 e. The van der Waals surface area contributed by atoms with Crippen molar-refractivity contribution < 1.29 is 9.59 Å². The van der Waals surface area contributed by atoms with E-state index in [1.807, 2.05) is 29.2 Å². The topological polar surface area (TPSA) is 78.7 Å². The summed E-state index contributed by atoms with van der Waals surface area (Å²) < 4.78 is 0. The van der Waals surface area contributed by atoms with Crippen LogP contribution in [0.5, 0.6) is 0 Å². The molecule has 2 aromatic rings. The summed E-state index contributed by atoms with van der Waals surface area (Å²) in [5.74, 6) is -0.263. The number of carbonyl (C=O) groups excluding carboxylic acids is 2. The van der Waals surface area contributed by atoms with E-state index in [4.69, 9.17) is 18.0 Å². The van der Waals surface area contributed by atoms with E-state index >= 15 is 0 Å². The first-order chi connectivity index (χ1) is 14.0. The van der Waals surface area contributed by atoms with Crippen molar-refractivity contribution in [1.29, 1.82) is 0 Å². The lowest BCUT2D eigenvalue weighted by Gasteiger charge is -2.28. The second-order valence-corrected chi connectivity index (χ2v) is 7.61. The third-order valence-corrected chi connectivity index (χ3v) is 5.65. The molecule has 0 aromatic heterocycles. The maximum atomic E-state index is 13.3. The van der Waals surface area contributed by atoms with Crippen LogP contribution >= 0.6 is 12.2 Å². The highest BCUT2D eigenvalue weighted by Crippen LogP contribution is 2.31. The van der Waals surface area contributed by atoms with Gasteiger partial charge in [-0.15, -0.1) is 0 Å². The molecule has 1 fully saturated rings. The Kier molecular flexibility index (Phi) is 5.07. The molecular weight excluding hydrogens is 384 g/mol. The van der Waals surface area contributed by atoms with Crippen LogP contribution in [-0.4, -0.2) is 41.7 Å². The molecule has 6 nitrogen and oxygen atoms in total. The smallest absolute Gasteiger partial charge is 0.212 e. The van der Waals surface area contributed by atoms with Gasteiger partial charge in [0.05, 0.1) is 0 Å². The third-order valence-electron chi connectivity index (χ3n) is 5.37. The normalized spacial score (nSPS) is 16.1. The molecule has 0 spiro atoms. The summed E-state index contributed by atoms with van der Waals surface area (Å²) >= 11 is 5.00. The standard InChI is InChI=1S/C22H22N4O2S/c1-25(22(23)29)15-10-8-14(9-11-15)24-18-19(26-12-4-5-13-26)21(28)17-7-3-2-6-16(17)20(18)27/h2-3,6-11,24H,4-5,12-13H2,1H3,(H2,23,29). The third kappa shape index (κ3) is 3.49. The molecule has 3 N–H and O–H groups in total. The minimum atomic E-state index is -0.161. The number of nitrogens with two attached hydrogens (primary N) is 1. The van der Waals surface area contributed by atoms with Gasteiger partial charge in [0.1, 0.15) is 11.4 Å². The van der Waals surface area contributed by atoms with Crippen LogP contribution in [0.3, 0.4) is 0 Å². The lowest BCUT2D eigenvalue weighted by Crippen LogP contribution is -2.35. The van der Waals surface area contributed by atoms with E-state index in [1.54, 1.807) is 36.2 Å². The monoisotopic (exact) mass is 406 g/mol. The van der Waals surface area contributed by atoms with E-state index in [9.17, 15) is 9.59 Å². The number of allylic oxidation sites excluding steroid dienone is 2. The number of benzene rings is 2. The summed E-state index contributed by atoms with van der Waals surface area (Å²) in [7, 11) is 1.79. The number of Topliss-reactive ketones (excluding diaryl/α,β-unsaturated/α-hetero) is 2. The Hall–Kier alpha value is -3.19. The molecule has 0 bridgehead atoms. The molecule has 0 unspecified atom stereocenters. The molecule has 1 heterocycles. The molecule has 0 saturated carbocycles. The highest BCUT2D eigenvalue weighted by Gasteiger charge is 2.36. The predicted octanol–water partition coefficient (Wildman–Crippen LogP) is 3.16. The Morgan fingerprint density at radius 3 is 2.17 bits per heavy atom. The summed E-state index contributed by atoms with van der Waals surface area (Å²) in [6.45, 7) is 1.55. The fourth-order valence-electron chi connectivity index (χ4n) is 3.76. The van der Waals surface area contributed by atoms with Crippen LogP contribution in [0, 0.1) is 0 Å². The van der Waals surface area contributed by atoms with Gasteiger partial charge in [0, 0.05) is 42.6 Å². The zero-order valence-corrected chi connectivity index (χ0v) is 17.0. The molecule has 2 aliphatic rings. The number of carbonyl (C=O) groups is 2. The minimum absolute atomic E-state index is 0.102. The van der Waals surface area contributed by atoms with E-state index in [0.717, 1.165) is 37.3 Å². The number of thiocarbonyl (C=S) groups is 1. The summed E-state index contributed by atoms with van der Waals surface area (Å²) in [4.78, 5) is 30.2. The van der Waals surface area contributed by atoms with Gasteiger partial charge >= 0.3 is 0 Å². The number of ketones is 2. The molecule has 0 atom stereocenters. The van der Waals surface area contributed by atoms with Gasteiger partial charge in [-0.25, -0.2) is 0 Å². The summed E-state index contributed by atoms with van der Waals surface area (Å²) in [6, 6.07) is 14.4. The predicted molar refractivity (Wildman–Crippen MR) is 118 cm³/mol. The molecule has 0 amide bonds. The largest absolute Gasteiger partial charge is 0.376 e. The SMILES string of the molecule is CN(C(N)=S)c1ccc(NC2=C(N3CCCC3)C(=O)c3ccccc3C2=O)cc1. The molecule has 29 heavy (non-hydrogen) atoms. The van der Waals surface area contributed by atoms with Crippen LogP contribution in [-0.2, 0) is 0 Å². The highest BCUT2D eigenvalue weighted by molar-refractivity contribution is 7.80. The zero-order chi connectivity index (χ0) is 20.5. The maximum Gasteiger partial charge on any atom is 0.212 e. The van der Waals surface area contributed by atoms with Gasteiger partial charge in [-0.1, -0.05) is 24.3 Å². The molecule has 1 aliphatic heterocycles. The van der Waals surface area contributed by atoms with Crippen molar-refractivity contribution in [2.45, 2.75) is 12.8 Å². The fourth-order valence-corrected chi connectivity index (χ4v) is 3.87. The molecule has 148 valence electrons. The lowest BCUT2D eigenvalue weighted by molar-refractivity contribution is 0.0948. The number of rotatable bonds is 4. The average molecular weight is 407 g/mol. The maximum absolute atomic E-state index is 13.3. The van der Waals surface area contributed by atoms with Gasteiger partial charge in [0.25, 0.3) is 0 Å². The van der Waals surface area contributed by atoms with Crippen molar-refractivity contribution in [3.63, 3.8) is 0 Å². The van der Waals surface area contributed by atoms with E-state index in [2.05, 4.69) is 5.32 Å². The molecule has 1 saturated heterocycles. The molecular formula is C22H22N4O2S. The van der Waals surface area contributed by atoms with Crippen LogP contribution in [0.4, 0.5) is 11.4 Å². The highest BCUT2D eigenvalue weighted by atomic mass is 32.1. The van der Waals surface area contributed by atoms with E-state index in [0.29, 0.717) is 22.5 Å². The van der Waals surface area contributed by atoms with E-state index < -0.39 is 0 Å². The van der Waals surface area contributed by atoms with Crippen molar-refractivity contribution in [3.8, 4) is 0 Å². The van der Waals surface area contributed by atoms with Crippen LogP contribution in [0.15, 0.2) is 59.9 Å². The van der Waals surface area contributed by atoms with Gasteiger partial charge in [0.15, 0.2) is 5.11 Å². The zero-order valence-electron chi connectivity index (χ0n) is 16.1. The Morgan fingerprint density at radius 1 is 1.00 bits per heavy atom. The molecule has 0 radical (unpaired) electrons. The Bertz CT molecular complexity index is 1020. The van der Waals surface area contributed by atoms with E-state index in [1.165, 1.54) is 0 Å². The number of nitrogens with one attached hydrogen (secondary N) is 1. The number of likely N-dealkylation sites (tertiary alicyclic amines) is 1. The van der Waals surface area contributed by atoms with Crippen molar-refractivity contribution >= 4 is 40.3 Å². The first kappa shape index (κ1) is 19.1. The van der Waals surface area contributed by atoms with Gasteiger partial charge in [-0.2, -0.15) is 0 Å². The second kappa shape index (κ2) is 7.67. The van der Waals surface area contributed by atoms with Crippen molar-refractivity contribution in [2.24, 2.45) is 5.73 Å². The molecule has 7 heteroatoms. The number of hydrogen-bond acceptors (Lipinski definition) is 5. The van der Waals surface area contributed by atoms with Crippen molar-refractivity contribution in [3.05, 3.63) is 71.1 Å². The van der Waals surface area contributed by atoms with Gasteiger partial charge in [-0.3, -0.25) is 9.59 Å². The molecule has 1 aliphatic carbocycles.